The number of nitrogens with zero attached hydrogens (tertiary/aromatic N) is 4. The van der Waals surface area contributed by atoms with Gasteiger partial charge in [-0.05, 0) is 43.4 Å². The monoisotopic (exact) mass is 560 g/mol. The number of aromatic nitrogens is 1. The topological polar surface area (TPSA) is 74.2 Å². The number of ether oxygens (including phenoxy) is 2. The van der Waals surface area contributed by atoms with E-state index in [2.05, 4.69) is 49.5 Å². The molecular formula is C23H41IN6O2. The first-order valence-electron chi connectivity index (χ1n) is 11.8. The summed E-state index contributed by atoms with van der Waals surface area (Å²) in [6, 6.07) is 4.28. The molecular weight excluding hydrogens is 519 g/mol. The van der Waals surface area contributed by atoms with Crippen LogP contribution in [0.2, 0.25) is 0 Å². The van der Waals surface area contributed by atoms with Gasteiger partial charge in [-0.1, -0.05) is 13.0 Å². The zero-order chi connectivity index (χ0) is 21.7. The molecule has 1 aromatic rings. The quantitative estimate of drug-likeness (QED) is 0.197. The molecule has 0 unspecified atom stereocenters. The maximum atomic E-state index is 5.82. The fourth-order valence-corrected chi connectivity index (χ4v) is 3.95. The highest BCUT2D eigenvalue weighted by Gasteiger charge is 2.16. The third kappa shape index (κ3) is 9.36. The van der Waals surface area contributed by atoms with Gasteiger partial charge in [-0.15, -0.1) is 24.0 Å². The van der Waals surface area contributed by atoms with E-state index in [9.17, 15) is 0 Å². The van der Waals surface area contributed by atoms with Gasteiger partial charge in [0.25, 0.3) is 0 Å². The molecule has 2 N–H and O–H groups in total. The number of pyridine rings is 1. The van der Waals surface area contributed by atoms with Crippen molar-refractivity contribution in [3.05, 3.63) is 23.9 Å². The van der Waals surface area contributed by atoms with E-state index in [0.717, 1.165) is 102 Å². The molecule has 2 fully saturated rings. The number of hydrogen-bond donors (Lipinski definition) is 2. The Balaban J connectivity index is 0.00000363. The van der Waals surface area contributed by atoms with Crippen molar-refractivity contribution in [3.63, 3.8) is 0 Å². The Hall–Kier alpha value is -1.17. The molecule has 0 aromatic carbocycles. The predicted molar refractivity (Wildman–Crippen MR) is 141 cm³/mol. The zero-order valence-electron chi connectivity index (χ0n) is 19.7. The summed E-state index contributed by atoms with van der Waals surface area (Å²) >= 11 is 0. The van der Waals surface area contributed by atoms with E-state index >= 15 is 0 Å². The number of likely N-dealkylation sites (N-methyl/N-ethyl adjacent to an activating group) is 1. The highest BCUT2D eigenvalue weighted by Crippen LogP contribution is 2.15. The van der Waals surface area contributed by atoms with Crippen LogP contribution in [0.15, 0.2) is 23.3 Å². The molecule has 0 spiro atoms. The molecule has 2 aliphatic rings. The smallest absolute Gasteiger partial charge is 0.191 e. The summed E-state index contributed by atoms with van der Waals surface area (Å²) < 4.78 is 11.2. The van der Waals surface area contributed by atoms with Crippen LogP contribution in [0.25, 0.3) is 0 Å². The van der Waals surface area contributed by atoms with Gasteiger partial charge in [-0.3, -0.25) is 4.99 Å². The lowest BCUT2D eigenvalue weighted by Gasteiger charge is -2.34. The summed E-state index contributed by atoms with van der Waals surface area (Å²) in [6.07, 6.45) is 5.18. The Kier molecular flexibility index (Phi) is 13.2. The van der Waals surface area contributed by atoms with Crippen molar-refractivity contribution < 1.29 is 9.47 Å². The van der Waals surface area contributed by atoms with Crippen molar-refractivity contribution >= 4 is 35.8 Å². The second-order valence-electron chi connectivity index (χ2n) is 8.28. The van der Waals surface area contributed by atoms with Crippen LogP contribution in [0.1, 0.15) is 31.7 Å². The number of piperazine rings is 1. The maximum absolute atomic E-state index is 5.82. The normalized spacial score (nSPS) is 18.3. The first-order valence-corrected chi connectivity index (χ1v) is 11.8. The highest BCUT2D eigenvalue weighted by atomic mass is 127. The summed E-state index contributed by atoms with van der Waals surface area (Å²) in [6.45, 7) is 12.6. The number of aliphatic imine (C=N–C) groups is 1. The number of halogens is 1. The molecule has 9 heteroatoms. The highest BCUT2D eigenvalue weighted by molar-refractivity contribution is 14.0. The molecule has 0 aliphatic carbocycles. The summed E-state index contributed by atoms with van der Waals surface area (Å²) in [5.74, 6) is 2.55. The first-order chi connectivity index (χ1) is 15.3. The number of rotatable bonds is 10. The van der Waals surface area contributed by atoms with Crippen LogP contribution >= 0.6 is 24.0 Å². The Morgan fingerprint density at radius 3 is 2.62 bits per heavy atom. The van der Waals surface area contributed by atoms with Crippen LogP contribution in [-0.4, -0.2) is 88.6 Å². The lowest BCUT2D eigenvalue weighted by Crippen LogP contribution is -2.46. The van der Waals surface area contributed by atoms with Gasteiger partial charge in [0.15, 0.2) is 5.96 Å². The molecule has 2 aliphatic heterocycles. The zero-order valence-corrected chi connectivity index (χ0v) is 22.1. The summed E-state index contributed by atoms with van der Waals surface area (Å²) in [7, 11) is 1.80. The molecule has 182 valence electrons. The number of nitrogens with one attached hydrogen (secondary N) is 2. The van der Waals surface area contributed by atoms with Gasteiger partial charge in [0, 0.05) is 78.9 Å². The van der Waals surface area contributed by atoms with E-state index in [1.54, 1.807) is 7.05 Å². The Labute approximate surface area is 210 Å². The molecule has 32 heavy (non-hydrogen) atoms. The van der Waals surface area contributed by atoms with E-state index in [0.29, 0.717) is 12.5 Å². The van der Waals surface area contributed by atoms with Crippen LogP contribution in [0.5, 0.6) is 0 Å². The molecule has 0 radical (unpaired) electrons. The number of guanidine groups is 1. The SMILES string of the molecule is CCN1CCN(c2ccc(CNC(=NC)NCCCOCC3CCOCC3)cn2)CC1.I. The number of hydrogen-bond acceptors (Lipinski definition) is 6. The van der Waals surface area contributed by atoms with Crippen LogP contribution in [-0.2, 0) is 16.0 Å². The minimum Gasteiger partial charge on any atom is -0.381 e. The molecule has 3 heterocycles. The van der Waals surface area contributed by atoms with E-state index < -0.39 is 0 Å². The maximum Gasteiger partial charge on any atom is 0.191 e. The molecule has 2 saturated heterocycles. The fraction of sp³-hybridized carbons (Fsp3) is 0.739. The average Bonchev–Trinajstić information content (AvgIpc) is 2.84. The summed E-state index contributed by atoms with van der Waals surface area (Å²) in [5.41, 5.74) is 1.15. The van der Waals surface area contributed by atoms with Crippen molar-refractivity contribution in [1.82, 2.24) is 20.5 Å². The molecule has 1 aromatic heterocycles. The van der Waals surface area contributed by atoms with Crippen molar-refractivity contribution in [3.8, 4) is 0 Å². The first kappa shape index (κ1) is 27.1. The van der Waals surface area contributed by atoms with Gasteiger partial charge in [0.05, 0.1) is 0 Å². The number of anilines is 1. The van der Waals surface area contributed by atoms with Crippen LogP contribution in [0.4, 0.5) is 5.82 Å². The lowest BCUT2D eigenvalue weighted by molar-refractivity contribution is 0.0203. The molecule has 0 bridgehead atoms. The van der Waals surface area contributed by atoms with Crippen molar-refractivity contribution in [1.29, 1.82) is 0 Å². The van der Waals surface area contributed by atoms with Crippen molar-refractivity contribution in [2.75, 3.05) is 77.6 Å². The largest absolute Gasteiger partial charge is 0.381 e. The van der Waals surface area contributed by atoms with E-state index in [1.807, 2.05) is 6.20 Å². The van der Waals surface area contributed by atoms with Gasteiger partial charge in [0.2, 0.25) is 0 Å². The lowest BCUT2D eigenvalue weighted by atomic mass is 10.0. The molecule has 8 nitrogen and oxygen atoms in total. The minimum atomic E-state index is 0. The molecule has 0 atom stereocenters. The predicted octanol–water partition coefficient (Wildman–Crippen LogP) is 2.34. The van der Waals surface area contributed by atoms with Crippen LogP contribution < -0.4 is 15.5 Å². The second-order valence-corrected chi connectivity index (χ2v) is 8.28. The third-order valence-corrected chi connectivity index (χ3v) is 6.09. The Morgan fingerprint density at radius 1 is 1.19 bits per heavy atom. The standard InChI is InChI=1S/C23H40N6O2.HI/c1-3-28-10-12-29(13-11-28)22-6-5-21(17-26-22)18-27-23(24-2)25-9-4-14-31-19-20-7-15-30-16-8-20;/h5-6,17,20H,3-4,7-16,18-19H2,1-2H3,(H2,24,25,27);1H. The molecule has 0 saturated carbocycles. The van der Waals surface area contributed by atoms with Gasteiger partial charge in [-0.25, -0.2) is 4.98 Å². The third-order valence-electron chi connectivity index (χ3n) is 6.09. The summed E-state index contributed by atoms with van der Waals surface area (Å²) in [5, 5.41) is 6.72. The molecule has 3 rings (SSSR count). The van der Waals surface area contributed by atoms with Gasteiger partial charge in [0.1, 0.15) is 5.82 Å². The molecule has 0 amide bonds. The fourth-order valence-electron chi connectivity index (χ4n) is 3.95. The minimum absolute atomic E-state index is 0. The van der Waals surface area contributed by atoms with E-state index in [1.165, 1.54) is 0 Å². The van der Waals surface area contributed by atoms with Gasteiger partial charge in [-0.2, -0.15) is 0 Å². The Morgan fingerprint density at radius 2 is 1.97 bits per heavy atom. The van der Waals surface area contributed by atoms with Gasteiger partial charge < -0.3 is 29.9 Å². The summed E-state index contributed by atoms with van der Waals surface area (Å²) in [4.78, 5) is 13.8. The second kappa shape index (κ2) is 15.6. The van der Waals surface area contributed by atoms with Crippen molar-refractivity contribution in [2.45, 2.75) is 32.7 Å². The van der Waals surface area contributed by atoms with E-state index in [-0.39, 0.29) is 24.0 Å². The van der Waals surface area contributed by atoms with Gasteiger partial charge >= 0.3 is 0 Å². The Bertz CT molecular complexity index is 646. The van der Waals surface area contributed by atoms with Crippen LogP contribution in [0.3, 0.4) is 0 Å². The average molecular weight is 561 g/mol. The van der Waals surface area contributed by atoms with E-state index in [4.69, 9.17) is 9.47 Å². The van der Waals surface area contributed by atoms with Crippen LogP contribution in [0, 0.1) is 5.92 Å². The van der Waals surface area contributed by atoms with Crippen molar-refractivity contribution in [2.24, 2.45) is 10.9 Å².